The van der Waals surface area contributed by atoms with E-state index in [1.165, 1.54) is 0 Å². The van der Waals surface area contributed by atoms with Crippen LogP contribution in [-0.2, 0) is 19.2 Å². The molecule has 0 aromatic rings. The minimum absolute atomic E-state index is 0. The molecule has 0 saturated carbocycles. The number of ketones is 1. The molecule has 2 unspecified atom stereocenters. The summed E-state index contributed by atoms with van der Waals surface area (Å²) in [5.41, 5.74) is -3.39. The fraction of sp³-hybridized carbons (Fsp3) is 0.500. The molecule has 0 bridgehead atoms. The van der Waals surface area contributed by atoms with Gasteiger partial charge in [0.05, 0.1) is 17.9 Å². The van der Waals surface area contributed by atoms with Crippen molar-refractivity contribution in [3.8, 4) is 0 Å². The number of hydrogen-bond acceptors (Lipinski definition) is 8. The number of carboxylic acids is 3. The third-order valence-electron chi connectivity index (χ3n) is 1.89. The van der Waals surface area contributed by atoms with Gasteiger partial charge in [-0.3, -0.25) is 4.79 Å². The molecule has 0 saturated heterocycles. The van der Waals surface area contributed by atoms with E-state index >= 15 is 0 Å². The van der Waals surface area contributed by atoms with Crippen molar-refractivity contribution >= 4 is 23.7 Å². The van der Waals surface area contributed by atoms with Crippen molar-refractivity contribution in [3.63, 3.8) is 0 Å². The number of carbonyl (C=O) groups is 4. The largest absolute Gasteiger partial charge is 1.00 e. The first kappa shape index (κ1) is 28.2. The molecular weight excluding hydrogens is 293 g/mol. The van der Waals surface area contributed by atoms with Crippen LogP contribution in [0.1, 0.15) is 13.3 Å². The van der Waals surface area contributed by atoms with Gasteiger partial charge in [-0.15, -0.1) is 0 Å². The summed E-state index contributed by atoms with van der Waals surface area (Å²) in [6.45, 7) is 0.670. The molecule has 0 aliphatic carbocycles. The summed E-state index contributed by atoms with van der Waals surface area (Å²) in [5.74, 6) is -10.5. The van der Waals surface area contributed by atoms with Crippen molar-refractivity contribution in [1.29, 1.82) is 0 Å². The summed E-state index contributed by atoms with van der Waals surface area (Å²) in [5, 5.41) is 40.5. The van der Waals surface area contributed by atoms with Gasteiger partial charge in [0.15, 0.2) is 0 Å². The van der Waals surface area contributed by atoms with Gasteiger partial charge in [-0.2, -0.15) is 0 Å². The van der Waals surface area contributed by atoms with E-state index in [1.807, 2.05) is 0 Å². The Kier molecular flexibility index (Phi) is 17.3. The SMILES string of the molecule is CC(=O)C(C(=O)[O-])C(O)(CC(=O)[O-])C(=O)[O-].[Na+].[Na+].[Na+]. The second-order valence-electron chi connectivity index (χ2n) is 3.12. The smallest absolute Gasteiger partial charge is 0.550 e. The first-order valence-corrected chi connectivity index (χ1v) is 3.98. The minimum atomic E-state index is -3.39. The average Bonchev–Trinajstić information content (AvgIpc) is 1.99. The van der Waals surface area contributed by atoms with E-state index in [-0.39, 0.29) is 88.7 Å². The summed E-state index contributed by atoms with van der Waals surface area (Å²) in [6, 6.07) is 0. The van der Waals surface area contributed by atoms with Crippen LogP contribution in [0.3, 0.4) is 0 Å². The molecule has 0 aliphatic rings. The molecule has 0 amide bonds. The number of carboxylic acid groups (broad SMARTS) is 3. The van der Waals surface area contributed by atoms with Gasteiger partial charge < -0.3 is 34.8 Å². The van der Waals surface area contributed by atoms with Crippen molar-refractivity contribution in [3.05, 3.63) is 0 Å². The Balaban J connectivity index is -0.000000375. The molecule has 2 atom stereocenters. The maximum absolute atomic E-state index is 10.8. The van der Waals surface area contributed by atoms with Crippen LogP contribution in [0.4, 0.5) is 0 Å². The average molecular weight is 300 g/mol. The molecule has 11 heteroatoms. The van der Waals surface area contributed by atoms with Gasteiger partial charge in [-0.25, -0.2) is 0 Å². The van der Waals surface area contributed by atoms with Crippen LogP contribution in [0, 0.1) is 5.92 Å². The Hall–Kier alpha value is 1.04. The van der Waals surface area contributed by atoms with Crippen LogP contribution in [0.2, 0.25) is 0 Å². The number of aliphatic carboxylic acids is 3. The zero-order chi connectivity index (χ0) is 13.1. The van der Waals surface area contributed by atoms with E-state index in [2.05, 4.69) is 0 Å². The fourth-order valence-corrected chi connectivity index (χ4v) is 1.21. The fourth-order valence-electron chi connectivity index (χ4n) is 1.21. The van der Waals surface area contributed by atoms with Crippen LogP contribution in [-0.4, -0.2) is 34.4 Å². The second kappa shape index (κ2) is 11.7. The standard InChI is InChI=1S/C8H10O8.3Na/c1-3(9)5(6(12)13)8(16,7(14)15)2-4(10)11;;;/h5,16H,2H2,1H3,(H,10,11)(H,12,13)(H,14,15);;;/q;3*+1/p-3. The van der Waals surface area contributed by atoms with Crippen LogP contribution < -0.4 is 104 Å². The second-order valence-corrected chi connectivity index (χ2v) is 3.12. The first-order valence-electron chi connectivity index (χ1n) is 3.98. The van der Waals surface area contributed by atoms with Gasteiger partial charge in [-0.1, -0.05) is 0 Å². The Labute approximate surface area is 174 Å². The first-order chi connectivity index (χ1) is 7.12. The van der Waals surface area contributed by atoms with Crippen LogP contribution in [0.15, 0.2) is 0 Å². The van der Waals surface area contributed by atoms with E-state index in [0.29, 0.717) is 6.92 Å². The predicted octanol–water partition coefficient (Wildman–Crippen LogP) is -14.4. The zero-order valence-electron chi connectivity index (χ0n) is 11.1. The molecule has 1 N–H and O–H groups in total. The molecule has 0 aromatic carbocycles. The summed E-state index contributed by atoms with van der Waals surface area (Å²) in [7, 11) is 0. The number of Topliss-reactive ketones (excluding diaryl/α,β-unsaturated/α-hetero) is 1. The Morgan fingerprint density at radius 2 is 1.42 bits per heavy atom. The van der Waals surface area contributed by atoms with Crippen LogP contribution in [0.5, 0.6) is 0 Å². The Morgan fingerprint density at radius 1 is 1.05 bits per heavy atom. The maximum Gasteiger partial charge on any atom is 1.00 e. The Bertz CT molecular complexity index is 344. The van der Waals surface area contributed by atoms with Gasteiger partial charge in [0.1, 0.15) is 11.4 Å². The van der Waals surface area contributed by atoms with Crippen molar-refractivity contribution in [2.45, 2.75) is 18.9 Å². The number of rotatable bonds is 6. The van der Waals surface area contributed by atoms with E-state index < -0.39 is 41.6 Å². The van der Waals surface area contributed by atoms with Gasteiger partial charge >= 0.3 is 88.7 Å². The predicted molar refractivity (Wildman–Crippen MR) is 38.8 cm³/mol. The summed E-state index contributed by atoms with van der Waals surface area (Å²) >= 11 is 0. The monoisotopic (exact) mass is 300 g/mol. The van der Waals surface area contributed by atoms with E-state index in [1.54, 1.807) is 0 Å². The van der Waals surface area contributed by atoms with E-state index in [4.69, 9.17) is 0 Å². The molecule has 90 valence electrons. The zero-order valence-corrected chi connectivity index (χ0v) is 17.1. The van der Waals surface area contributed by atoms with Gasteiger partial charge in [0.25, 0.3) is 0 Å². The molecule has 0 rings (SSSR count). The minimum Gasteiger partial charge on any atom is -0.550 e. The molecule has 0 heterocycles. The topological polar surface area (TPSA) is 158 Å². The molecule has 0 radical (unpaired) electrons. The molecule has 0 spiro atoms. The van der Waals surface area contributed by atoms with Gasteiger partial charge in [0, 0.05) is 12.4 Å². The number of aliphatic hydroxyl groups is 1. The van der Waals surface area contributed by atoms with Crippen molar-refractivity contribution in [2.75, 3.05) is 0 Å². The van der Waals surface area contributed by atoms with Crippen molar-refractivity contribution < 1.29 is 128 Å². The van der Waals surface area contributed by atoms with Gasteiger partial charge in [0.2, 0.25) is 0 Å². The van der Waals surface area contributed by atoms with E-state index in [9.17, 15) is 39.6 Å². The summed E-state index contributed by atoms with van der Waals surface area (Å²) in [4.78, 5) is 42.0. The van der Waals surface area contributed by atoms with Crippen LogP contribution in [0.25, 0.3) is 0 Å². The third-order valence-corrected chi connectivity index (χ3v) is 1.89. The number of carbonyl (C=O) groups excluding carboxylic acids is 4. The molecule has 0 aliphatic heterocycles. The summed E-state index contributed by atoms with van der Waals surface area (Å²) < 4.78 is 0. The molecule has 19 heavy (non-hydrogen) atoms. The van der Waals surface area contributed by atoms with Gasteiger partial charge in [-0.05, 0) is 6.92 Å². The normalized spacial score (nSPS) is 13.4. The quantitative estimate of drug-likeness (QED) is 0.374. The van der Waals surface area contributed by atoms with Crippen LogP contribution >= 0.6 is 0 Å². The molecular formula is C8H7Na3O8. The van der Waals surface area contributed by atoms with Crippen molar-refractivity contribution in [1.82, 2.24) is 0 Å². The molecule has 0 aromatic heterocycles. The molecule has 0 fully saturated rings. The maximum atomic E-state index is 10.8. The Morgan fingerprint density at radius 3 is 1.58 bits per heavy atom. The third kappa shape index (κ3) is 8.15. The molecule has 8 nitrogen and oxygen atoms in total. The van der Waals surface area contributed by atoms with E-state index in [0.717, 1.165) is 0 Å². The number of hydrogen-bond donors (Lipinski definition) is 1. The summed E-state index contributed by atoms with van der Waals surface area (Å²) in [6.07, 6.45) is -1.59. The van der Waals surface area contributed by atoms with Crippen molar-refractivity contribution in [2.24, 2.45) is 5.92 Å².